The molecular formula is C7H16N2S2. The van der Waals surface area contributed by atoms with Crippen molar-refractivity contribution in [3.8, 4) is 0 Å². The van der Waals surface area contributed by atoms with Gasteiger partial charge in [0.25, 0.3) is 0 Å². The van der Waals surface area contributed by atoms with Gasteiger partial charge in [-0.05, 0) is 25.3 Å². The minimum atomic E-state index is 0.105. The minimum absolute atomic E-state index is 0.105. The Morgan fingerprint density at radius 1 is 1.36 bits per heavy atom. The highest BCUT2D eigenvalue weighted by Crippen LogP contribution is 2.20. The fourth-order valence-corrected chi connectivity index (χ4v) is 1.88. The van der Waals surface area contributed by atoms with Crippen molar-refractivity contribution in [2.75, 3.05) is 19.6 Å². The molecule has 2 nitrogen and oxygen atoms in total. The quantitative estimate of drug-likeness (QED) is 0.446. The molecule has 0 radical (unpaired) electrons. The second-order valence-electron chi connectivity index (χ2n) is 3.06. The summed E-state index contributed by atoms with van der Waals surface area (Å²) in [5.74, 6) is 0.728. The molecule has 1 saturated heterocycles. The average molecular weight is 192 g/mol. The molecule has 0 bridgehead atoms. The lowest BCUT2D eigenvalue weighted by atomic mass is 9.98. The fourth-order valence-electron chi connectivity index (χ4n) is 1.42. The maximum absolute atomic E-state index is 5.57. The molecule has 2 N–H and O–H groups in total. The van der Waals surface area contributed by atoms with Crippen molar-refractivity contribution in [2.24, 2.45) is 11.7 Å². The lowest BCUT2D eigenvalue weighted by molar-refractivity contribution is 0.206. The van der Waals surface area contributed by atoms with E-state index in [2.05, 4.69) is 30.2 Å². The van der Waals surface area contributed by atoms with Gasteiger partial charge in [-0.15, -0.1) is 25.3 Å². The molecule has 0 amide bonds. The maximum Gasteiger partial charge on any atom is 0.0969 e. The van der Waals surface area contributed by atoms with Gasteiger partial charge in [-0.1, -0.05) is 0 Å². The van der Waals surface area contributed by atoms with Crippen LogP contribution >= 0.6 is 25.3 Å². The molecular weight excluding hydrogens is 176 g/mol. The summed E-state index contributed by atoms with van der Waals surface area (Å²) in [4.78, 5) is 2.26. The lowest BCUT2D eigenvalue weighted by Crippen LogP contribution is -2.38. The third-order valence-electron chi connectivity index (χ3n) is 2.31. The van der Waals surface area contributed by atoms with Gasteiger partial charge in [0.1, 0.15) is 0 Å². The van der Waals surface area contributed by atoms with Crippen LogP contribution in [0.4, 0.5) is 0 Å². The first-order chi connectivity index (χ1) is 5.24. The fraction of sp³-hybridized carbons (Fsp3) is 1.00. The van der Waals surface area contributed by atoms with Gasteiger partial charge in [0.05, 0.1) is 4.71 Å². The summed E-state index contributed by atoms with van der Waals surface area (Å²) in [6.07, 6.45) is 2.41. The van der Waals surface area contributed by atoms with Gasteiger partial charge in [0.2, 0.25) is 0 Å². The zero-order valence-corrected chi connectivity index (χ0v) is 8.40. The highest BCUT2D eigenvalue weighted by atomic mass is 32.2. The summed E-state index contributed by atoms with van der Waals surface area (Å²) in [5.41, 5.74) is 5.57. The van der Waals surface area contributed by atoms with Crippen molar-refractivity contribution in [2.45, 2.75) is 17.5 Å². The first-order valence-electron chi connectivity index (χ1n) is 4.04. The van der Waals surface area contributed by atoms with Crippen LogP contribution in [-0.2, 0) is 0 Å². The first-order valence-corrected chi connectivity index (χ1v) is 5.07. The van der Waals surface area contributed by atoms with Crippen molar-refractivity contribution < 1.29 is 0 Å². The summed E-state index contributed by atoms with van der Waals surface area (Å²) in [6.45, 7) is 3.02. The van der Waals surface area contributed by atoms with Crippen molar-refractivity contribution in [1.29, 1.82) is 0 Å². The van der Waals surface area contributed by atoms with Crippen molar-refractivity contribution in [1.82, 2.24) is 4.90 Å². The summed E-state index contributed by atoms with van der Waals surface area (Å²) >= 11 is 8.52. The zero-order valence-electron chi connectivity index (χ0n) is 6.61. The molecule has 0 aliphatic carbocycles. The maximum atomic E-state index is 5.57. The number of piperidine rings is 1. The molecule has 1 aliphatic rings. The van der Waals surface area contributed by atoms with E-state index in [1.807, 2.05) is 0 Å². The van der Waals surface area contributed by atoms with Crippen molar-refractivity contribution in [3.63, 3.8) is 0 Å². The smallest absolute Gasteiger partial charge is 0.0969 e. The molecule has 1 heterocycles. The number of rotatable bonds is 2. The standard InChI is InChI=1S/C7H16N2S2/c8-5-6-1-3-9(4-2-6)7(10)11/h6-7,10-11H,1-5,8H2. The first kappa shape index (κ1) is 9.71. The van der Waals surface area contributed by atoms with Gasteiger partial charge in [0.15, 0.2) is 0 Å². The van der Waals surface area contributed by atoms with E-state index in [9.17, 15) is 0 Å². The molecule has 66 valence electrons. The number of likely N-dealkylation sites (tertiary alicyclic amines) is 1. The molecule has 0 aromatic rings. The summed E-state index contributed by atoms with van der Waals surface area (Å²) < 4.78 is 0.105. The number of nitrogens with two attached hydrogens (primary N) is 1. The van der Waals surface area contributed by atoms with E-state index < -0.39 is 0 Å². The van der Waals surface area contributed by atoms with Gasteiger partial charge in [-0.2, -0.15) is 0 Å². The van der Waals surface area contributed by atoms with E-state index in [1.165, 1.54) is 12.8 Å². The molecule has 1 aliphatic heterocycles. The Labute approximate surface area is 79.3 Å². The van der Waals surface area contributed by atoms with Crippen molar-refractivity contribution >= 4 is 25.3 Å². The summed E-state index contributed by atoms with van der Waals surface area (Å²) in [5, 5.41) is 0. The Morgan fingerprint density at radius 2 is 1.91 bits per heavy atom. The van der Waals surface area contributed by atoms with Gasteiger partial charge >= 0.3 is 0 Å². The van der Waals surface area contributed by atoms with Crippen LogP contribution < -0.4 is 5.73 Å². The molecule has 0 aromatic heterocycles. The normalized spacial score (nSPS) is 22.9. The van der Waals surface area contributed by atoms with Gasteiger partial charge in [-0.25, -0.2) is 0 Å². The zero-order chi connectivity index (χ0) is 8.27. The van der Waals surface area contributed by atoms with Crippen molar-refractivity contribution in [3.05, 3.63) is 0 Å². The van der Waals surface area contributed by atoms with E-state index in [0.29, 0.717) is 0 Å². The third kappa shape index (κ3) is 2.86. The molecule has 0 saturated carbocycles. The Morgan fingerprint density at radius 3 is 2.27 bits per heavy atom. The van der Waals surface area contributed by atoms with Crippen LogP contribution in [-0.4, -0.2) is 29.2 Å². The Balaban J connectivity index is 2.24. The van der Waals surface area contributed by atoms with Gasteiger partial charge < -0.3 is 5.73 Å². The number of thiol groups is 2. The van der Waals surface area contributed by atoms with E-state index in [-0.39, 0.29) is 4.71 Å². The van der Waals surface area contributed by atoms with E-state index >= 15 is 0 Å². The molecule has 0 unspecified atom stereocenters. The Bertz CT molecular complexity index is 111. The van der Waals surface area contributed by atoms with Gasteiger partial charge in [-0.3, -0.25) is 4.90 Å². The summed E-state index contributed by atoms with van der Waals surface area (Å²) in [7, 11) is 0. The van der Waals surface area contributed by atoms with Gasteiger partial charge in [0, 0.05) is 13.1 Å². The lowest BCUT2D eigenvalue weighted by Gasteiger charge is -2.32. The topological polar surface area (TPSA) is 29.3 Å². The Hall–Kier alpha value is 0.620. The highest BCUT2D eigenvalue weighted by Gasteiger charge is 2.19. The van der Waals surface area contributed by atoms with Crippen LogP contribution in [0.1, 0.15) is 12.8 Å². The van der Waals surface area contributed by atoms with Crippen LogP contribution in [0, 0.1) is 5.92 Å². The summed E-state index contributed by atoms with van der Waals surface area (Å²) in [6, 6.07) is 0. The van der Waals surface area contributed by atoms with E-state index in [1.54, 1.807) is 0 Å². The second-order valence-corrected chi connectivity index (χ2v) is 4.45. The molecule has 4 heteroatoms. The molecule has 11 heavy (non-hydrogen) atoms. The average Bonchev–Trinajstić information content (AvgIpc) is 2.05. The van der Waals surface area contributed by atoms with Crippen LogP contribution in [0.3, 0.4) is 0 Å². The molecule has 0 atom stereocenters. The van der Waals surface area contributed by atoms with E-state index in [4.69, 9.17) is 5.73 Å². The molecule has 1 fully saturated rings. The molecule has 1 rings (SSSR count). The van der Waals surface area contributed by atoms with E-state index in [0.717, 1.165) is 25.6 Å². The van der Waals surface area contributed by atoms with Crippen LogP contribution in [0.15, 0.2) is 0 Å². The monoisotopic (exact) mass is 192 g/mol. The van der Waals surface area contributed by atoms with Crippen LogP contribution in [0.2, 0.25) is 0 Å². The number of hydrogen-bond acceptors (Lipinski definition) is 4. The number of hydrogen-bond donors (Lipinski definition) is 3. The highest BCUT2D eigenvalue weighted by molar-refractivity contribution is 7.99. The largest absolute Gasteiger partial charge is 0.330 e. The SMILES string of the molecule is NCC1CCN(C(S)S)CC1. The second kappa shape index (κ2) is 4.60. The van der Waals surface area contributed by atoms with Crippen LogP contribution in [0.5, 0.6) is 0 Å². The predicted octanol–water partition coefficient (Wildman–Crippen LogP) is 0.800. The predicted molar refractivity (Wildman–Crippen MR) is 55.1 cm³/mol. The third-order valence-corrected chi connectivity index (χ3v) is 2.96. The number of nitrogens with zero attached hydrogens (tertiary/aromatic N) is 1. The molecule has 0 spiro atoms. The molecule has 0 aromatic carbocycles. The minimum Gasteiger partial charge on any atom is -0.330 e. The van der Waals surface area contributed by atoms with Crippen LogP contribution in [0.25, 0.3) is 0 Å². The Kier molecular flexibility index (Phi) is 4.06.